The van der Waals surface area contributed by atoms with Gasteiger partial charge in [0.1, 0.15) is 11.6 Å². The van der Waals surface area contributed by atoms with Crippen molar-refractivity contribution in [3.05, 3.63) is 83.8 Å². The minimum atomic E-state index is -0.714. The molecular formula is C23H23F2N2O2+. The Morgan fingerprint density at radius 3 is 2.52 bits per heavy atom. The summed E-state index contributed by atoms with van der Waals surface area (Å²) in [6, 6.07) is 12.6. The molecule has 3 aromatic rings. The predicted molar refractivity (Wildman–Crippen MR) is 105 cm³/mol. The molecule has 0 fully saturated rings. The molecule has 29 heavy (non-hydrogen) atoms. The summed E-state index contributed by atoms with van der Waals surface area (Å²) in [6.45, 7) is 5.70. The first kappa shape index (κ1) is 20.6. The largest absolute Gasteiger partial charge is 0.461 e. The lowest BCUT2D eigenvalue weighted by atomic mass is 9.79. The number of benzene rings is 1. The van der Waals surface area contributed by atoms with E-state index in [0.717, 1.165) is 6.07 Å². The zero-order chi connectivity index (χ0) is 21.2. The van der Waals surface area contributed by atoms with Crippen LogP contribution in [0.3, 0.4) is 0 Å². The maximum atomic E-state index is 14.8. The van der Waals surface area contributed by atoms with Gasteiger partial charge in [-0.2, -0.15) is 4.57 Å². The van der Waals surface area contributed by atoms with Crippen molar-refractivity contribution in [1.82, 2.24) is 4.98 Å². The van der Waals surface area contributed by atoms with Crippen molar-refractivity contribution in [3.8, 4) is 11.3 Å². The van der Waals surface area contributed by atoms with Gasteiger partial charge in [-0.15, -0.1) is 0 Å². The molecule has 6 heteroatoms. The molecule has 1 aromatic carbocycles. The molecule has 0 aliphatic carbocycles. The second-order valence-corrected chi connectivity index (χ2v) is 7.39. The standard InChI is InChI=1S/C23H23F2N2O2/c1-15(23(2,3)27-12-8-6-10-20(27)22(28)29-4)17-13-16(24)14-18(25)21(17)19-9-5-7-11-26-19/h5-15H,1-4H3/q+1. The van der Waals surface area contributed by atoms with Gasteiger partial charge in [-0.25, -0.2) is 13.6 Å². The maximum Gasteiger partial charge on any atom is 0.403 e. The highest BCUT2D eigenvalue weighted by Crippen LogP contribution is 2.38. The summed E-state index contributed by atoms with van der Waals surface area (Å²) in [5.41, 5.74) is 0.785. The van der Waals surface area contributed by atoms with Gasteiger partial charge in [0.05, 0.1) is 12.8 Å². The minimum absolute atomic E-state index is 0.253. The Kier molecular flexibility index (Phi) is 5.73. The van der Waals surface area contributed by atoms with E-state index >= 15 is 0 Å². The molecule has 0 saturated carbocycles. The summed E-state index contributed by atoms with van der Waals surface area (Å²) < 4.78 is 35.7. The molecule has 2 aromatic heterocycles. The maximum absolute atomic E-state index is 14.8. The smallest absolute Gasteiger partial charge is 0.403 e. The molecule has 150 valence electrons. The first-order chi connectivity index (χ1) is 13.8. The normalized spacial score (nSPS) is 12.5. The van der Waals surface area contributed by atoms with Crippen LogP contribution in [0.2, 0.25) is 0 Å². The van der Waals surface area contributed by atoms with Crippen LogP contribution in [0.5, 0.6) is 0 Å². The number of methoxy groups -OCH3 is 1. The van der Waals surface area contributed by atoms with E-state index in [2.05, 4.69) is 4.98 Å². The highest BCUT2D eigenvalue weighted by molar-refractivity contribution is 5.85. The van der Waals surface area contributed by atoms with E-state index in [1.807, 2.05) is 20.8 Å². The molecular weight excluding hydrogens is 374 g/mol. The fourth-order valence-corrected chi connectivity index (χ4v) is 3.52. The average Bonchev–Trinajstić information content (AvgIpc) is 2.72. The second kappa shape index (κ2) is 8.07. The van der Waals surface area contributed by atoms with Crippen LogP contribution in [0, 0.1) is 11.6 Å². The van der Waals surface area contributed by atoms with Crippen molar-refractivity contribution in [2.45, 2.75) is 32.2 Å². The monoisotopic (exact) mass is 397 g/mol. The summed E-state index contributed by atoms with van der Waals surface area (Å²) in [5, 5.41) is 0. The van der Waals surface area contributed by atoms with Crippen LogP contribution in [0.25, 0.3) is 11.3 Å². The molecule has 2 heterocycles. The molecule has 1 unspecified atom stereocenters. The lowest BCUT2D eigenvalue weighted by Gasteiger charge is -2.29. The van der Waals surface area contributed by atoms with Gasteiger partial charge in [-0.3, -0.25) is 4.98 Å². The second-order valence-electron chi connectivity index (χ2n) is 7.39. The summed E-state index contributed by atoms with van der Waals surface area (Å²) in [6.07, 6.45) is 3.33. The third-order valence-electron chi connectivity index (χ3n) is 5.41. The fraction of sp³-hybridized carbons (Fsp3) is 0.261. The van der Waals surface area contributed by atoms with Gasteiger partial charge in [0.25, 0.3) is 5.69 Å². The highest BCUT2D eigenvalue weighted by atomic mass is 19.1. The number of rotatable bonds is 5. The van der Waals surface area contributed by atoms with Gasteiger partial charge < -0.3 is 4.74 Å². The van der Waals surface area contributed by atoms with Gasteiger partial charge in [0, 0.05) is 49.7 Å². The predicted octanol–water partition coefficient (Wildman–Crippen LogP) is 4.64. The average molecular weight is 397 g/mol. The summed E-state index contributed by atoms with van der Waals surface area (Å²) in [4.78, 5) is 16.5. The first-order valence-corrected chi connectivity index (χ1v) is 9.27. The zero-order valence-corrected chi connectivity index (χ0v) is 16.8. The third kappa shape index (κ3) is 3.88. The van der Waals surface area contributed by atoms with E-state index in [0.29, 0.717) is 17.0 Å². The van der Waals surface area contributed by atoms with E-state index in [1.54, 1.807) is 53.4 Å². The minimum Gasteiger partial charge on any atom is -0.461 e. The molecule has 1 atom stereocenters. The van der Waals surface area contributed by atoms with Crippen LogP contribution in [0.4, 0.5) is 8.78 Å². The lowest BCUT2D eigenvalue weighted by Crippen LogP contribution is -2.58. The fourth-order valence-electron chi connectivity index (χ4n) is 3.52. The molecule has 0 aliphatic rings. The number of nitrogens with zero attached hydrogens (tertiary/aromatic N) is 2. The van der Waals surface area contributed by atoms with Crippen LogP contribution in [-0.4, -0.2) is 18.1 Å². The SMILES string of the molecule is COC(=O)c1cccc[n+]1C(C)(C)C(C)c1cc(F)cc(F)c1-c1ccccn1. The lowest BCUT2D eigenvalue weighted by molar-refractivity contribution is -0.763. The molecule has 0 radical (unpaired) electrons. The number of pyridine rings is 2. The van der Waals surface area contributed by atoms with Crippen LogP contribution in [0.15, 0.2) is 60.9 Å². The van der Waals surface area contributed by atoms with Crippen molar-refractivity contribution in [2.24, 2.45) is 0 Å². The van der Waals surface area contributed by atoms with Gasteiger partial charge in [-0.05, 0) is 29.8 Å². The van der Waals surface area contributed by atoms with Gasteiger partial charge in [0.2, 0.25) is 0 Å². The number of carbonyl (C=O) groups excluding carboxylic acids is 1. The Balaban J connectivity index is 2.19. The molecule has 3 rings (SSSR count). The Morgan fingerprint density at radius 2 is 1.86 bits per heavy atom. The van der Waals surface area contributed by atoms with Crippen molar-refractivity contribution in [1.29, 1.82) is 0 Å². The summed E-state index contributed by atoms with van der Waals surface area (Å²) >= 11 is 0. The summed E-state index contributed by atoms with van der Waals surface area (Å²) in [5.74, 6) is -2.19. The zero-order valence-electron chi connectivity index (χ0n) is 16.8. The van der Waals surface area contributed by atoms with E-state index in [1.165, 1.54) is 13.2 Å². The Hall–Kier alpha value is -3.15. The van der Waals surface area contributed by atoms with Crippen molar-refractivity contribution < 1.29 is 22.9 Å². The first-order valence-electron chi connectivity index (χ1n) is 9.27. The summed E-state index contributed by atoms with van der Waals surface area (Å²) in [7, 11) is 1.32. The number of hydrogen-bond donors (Lipinski definition) is 0. The number of carbonyl (C=O) groups is 1. The number of halogens is 2. The van der Waals surface area contributed by atoms with Crippen LogP contribution in [0.1, 0.15) is 42.7 Å². The van der Waals surface area contributed by atoms with Crippen LogP contribution < -0.4 is 4.57 Å². The van der Waals surface area contributed by atoms with Gasteiger partial charge in [0.15, 0.2) is 11.7 Å². The molecule has 0 aliphatic heterocycles. The topological polar surface area (TPSA) is 43.1 Å². The van der Waals surface area contributed by atoms with Gasteiger partial charge >= 0.3 is 5.97 Å². The Morgan fingerprint density at radius 1 is 1.14 bits per heavy atom. The van der Waals surface area contributed by atoms with Crippen molar-refractivity contribution in [2.75, 3.05) is 7.11 Å². The molecule has 0 spiro atoms. The third-order valence-corrected chi connectivity index (χ3v) is 5.41. The molecule has 0 N–H and O–H groups in total. The highest BCUT2D eigenvalue weighted by Gasteiger charge is 2.41. The van der Waals surface area contributed by atoms with E-state index in [-0.39, 0.29) is 11.5 Å². The van der Waals surface area contributed by atoms with Gasteiger partial charge in [-0.1, -0.05) is 13.0 Å². The molecule has 0 saturated heterocycles. The Labute approximate surface area is 168 Å². The van der Waals surface area contributed by atoms with Crippen LogP contribution >= 0.6 is 0 Å². The Bertz CT molecular complexity index is 1040. The van der Waals surface area contributed by atoms with E-state index < -0.39 is 23.1 Å². The number of aromatic nitrogens is 2. The van der Waals surface area contributed by atoms with Crippen LogP contribution in [-0.2, 0) is 10.3 Å². The molecule has 0 amide bonds. The number of hydrogen-bond acceptors (Lipinski definition) is 3. The molecule has 0 bridgehead atoms. The van der Waals surface area contributed by atoms with E-state index in [4.69, 9.17) is 4.74 Å². The van der Waals surface area contributed by atoms with E-state index in [9.17, 15) is 13.6 Å². The van der Waals surface area contributed by atoms with Crippen molar-refractivity contribution in [3.63, 3.8) is 0 Å². The number of esters is 1. The van der Waals surface area contributed by atoms with Crippen molar-refractivity contribution >= 4 is 5.97 Å². The molecule has 4 nitrogen and oxygen atoms in total. The number of ether oxygens (including phenoxy) is 1. The quantitative estimate of drug-likeness (QED) is 0.465.